The van der Waals surface area contributed by atoms with E-state index in [1.807, 2.05) is 0 Å². The van der Waals surface area contributed by atoms with E-state index in [2.05, 4.69) is 5.32 Å². The first-order chi connectivity index (χ1) is 8.50. The van der Waals surface area contributed by atoms with Crippen LogP contribution in [-0.4, -0.2) is 23.2 Å². The van der Waals surface area contributed by atoms with E-state index in [-0.39, 0.29) is 18.5 Å². The van der Waals surface area contributed by atoms with Gasteiger partial charge in [0.2, 0.25) is 5.91 Å². The molecule has 1 aromatic carbocycles. The summed E-state index contributed by atoms with van der Waals surface area (Å²) in [5.41, 5.74) is -0.788. The zero-order chi connectivity index (χ0) is 13.2. The molecule has 1 fully saturated rings. The summed E-state index contributed by atoms with van der Waals surface area (Å²) in [5, 5.41) is 12.3. The van der Waals surface area contributed by atoms with Crippen molar-refractivity contribution in [3.63, 3.8) is 0 Å². The predicted molar refractivity (Wildman–Crippen MR) is 61.9 cm³/mol. The van der Waals surface area contributed by atoms with Gasteiger partial charge in [-0.3, -0.25) is 4.79 Å². The van der Waals surface area contributed by atoms with Crippen LogP contribution in [0.15, 0.2) is 18.2 Å². The van der Waals surface area contributed by atoms with Crippen LogP contribution in [0.5, 0.6) is 0 Å². The fraction of sp³-hybridized carbons (Fsp3) is 0.462. The maximum absolute atomic E-state index is 13.3. The number of carbonyl (C=O) groups is 1. The highest BCUT2D eigenvalue weighted by molar-refractivity contribution is 5.78. The molecule has 0 spiro atoms. The molecule has 2 rings (SSSR count). The molecular weight excluding hydrogens is 240 g/mol. The molecule has 1 aromatic rings. The minimum atomic E-state index is -0.991. The van der Waals surface area contributed by atoms with Crippen molar-refractivity contribution in [3.05, 3.63) is 35.4 Å². The number of nitrogens with one attached hydrogen (secondary N) is 1. The van der Waals surface area contributed by atoms with Crippen molar-refractivity contribution in [2.75, 3.05) is 6.54 Å². The summed E-state index contributed by atoms with van der Waals surface area (Å²) in [6, 6.07) is 3.74. The summed E-state index contributed by atoms with van der Waals surface area (Å²) < 4.78 is 26.2. The molecule has 0 aromatic heterocycles. The van der Waals surface area contributed by atoms with Gasteiger partial charge >= 0.3 is 0 Å². The first-order valence-corrected chi connectivity index (χ1v) is 5.92. The van der Waals surface area contributed by atoms with Crippen LogP contribution in [0.4, 0.5) is 8.78 Å². The predicted octanol–water partition coefficient (Wildman–Crippen LogP) is 1.54. The van der Waals surface area contributed by atoms with Gasteiger partial charge in [-0.25, -0.2) is 8.78 Å². The molecule has 0 bridgehead atoms. The van der Waals surface area contributed by atoms with Gasteiger partial charge in [0.1, 0.15) is 0 Å². The molecule has 1 amide bonds. The van der Waals surface area contributed by atoms with Crippen molar-refractivity contribution < 1.29 is 18.7 Å². The maximum atomic E-state index is 13.3. The van der Waals surface area contributed by atoms with E-state index < -0.39 is 23.1 Å². The standard InChI is InChI=1S/C13H15F2NO2/c14-10-4-1-3-9(12(10)15)7-11(17)16-8-13(18)5-2-6-13/h1,3-4,18H,2,5-8H2,(H,16,17). The monoisotopic (exact) mass is 255 g/mol. The lowest BCUT2D eigenvalue weighted by Gasteiger charge is -2.36. The van der Waals surface area contributed by atoms with Crippen molar-refractivity contribution in [2.24, 2.45) is 0 Å². The first-order valence-electron chi connectivity index (χ1n) is 5.92. The Kier molecular flexibility index (Phi) is 3.61. The fourth-order valence-corrected chi connectivity index (χ4v) is 1.95. The van der Waals surface area contributed by atoms with Crippen molar-refractivity contribution in [3.8, 4) is 0 Å². The van der Waals surface area contributed by atoms with E-state index in [1.165, 1.54) is 12.1 Å². The van der Waals surface area contributed by atoms with E-state index in [4.69, 9.17) is 0 Å². The molecular formula is C13H15F2NO2. The van der Waals surface area contributed by atoms with Crippen molar-refractivity contribution in [2.45, 2.75) is 31.3 Å². The number of halogens is 2. The van der Waals surface area contributed by atoms with E-state index in [0.717, 1.165) is 12.5 Å². The highest BCUT2D eigenvalue weighted by Gasteiger charge is 2.34. The first kappa shape index (κ1) is 13.0. The lowest BCUT2D eigenvalue weighted by molar-refractivity contribution is -0.122. The van der Waals surface area contributed by atoms with E-state index >= 15 is 0 Å². The molecule has 0 unspecified atom stereocenters. The van der Waals surface area contributed by atoms with E-state index in [0.29, 0.717) is 12.8 Å². The lowest BCUT2D eigenvalue weighted by atomic mass is 9.80. The third kappa shape index (κ3) is 2.85. The highest BCUT2D eigenvalue weighted by atomic mass is 19.2. The van der Waals surface area contributed by atoms with Gasteiger partial charge in [-0.15, -0.1) is 0 Å². The third-order valence-corrected chi connectivity index (χ3v) is 3.28. The fourth-order valence-electron chi connectivity index (χ4n) is 1.95. The van der Waals surface area contributed by atoms with Crippen LogP contribution in [-0.2, 0) is 11.2 Å². The Morgan fingerprint density at radius 2 is 2.11 bits per heavy atom. The Bertz CT molecular complexity index is 458. The zero-order valence-electron chi connectivity index (χ0n) is 9.88. The summed E-state index contributed by atoms with van der Waals surface area (Å²) in [6.45, 7) is 0.169. The number of aliphatic hydroxyl groups is 1. The van der Waals surface area contributed by atoms with Crippen LogP contribution in [0.25, 0.3) is 0 Å². The van der Waals surface area contributed by atoms with Crippen LogP contribution in [0, 0.1) is 11.6 Å². The molecule has 3 nitrogen and oxygen atoms in total. The van der Waals surface area contributed by atoms with Gasteiger partial charge in [0.05, 0.1) is 12.0 Å². The Morgan fingerprint density at radius 3 is 2.72 bits per heavy atom. The van der Waals surface area contributed by atoms with Crippen molar-refractivity contribution in [1.29, 1.82) is 0 Å². The maximum Gasteiger partial charge on any atom is 0.224 e. The minimum absolute atomic E-state index is 0.0214. The van der Waals surface area contributed by atoms with E-state index in [1.54, 1.807) is 0 Å². The van der Waals surface area contributed by atoms with Gasteiger partial charge < -0.3 is 10.4 Å². The minimum Gasteiger partial charge on any atom is -0.388 e. The normalized spacial score (nSPS) is 17.1. The number of hydrogen-bond donors (Lipinski definition) is 2. The molecule has 0 heterocycles. The second-order valence-corrected chi connectivity index (χ2v) is 4.74. The molecule has 98 valence electrons. The van der Waals surface area contributed by atoms with Crippen molar-refractivity contribution in [1.82, 2.24) is 5.32 Å². The SMILES string of the molecule is O=C(Cc1cccc(F)c1F)NCC1(O)CCC1. The second-order valence-electron chi connectivity index (χ2n) is 4.74. The summed E-state index contributed by atoms with van der Waals surface area (Å²) >= 11 is 0. The third-order valence-electron chi connectivity index (χ3n) is 3.28. The van der Waals surface area contributed by atoms with Gasteiger partial charge in [-0.1, -0.05) is 12.1 Å². The molecule has 1 saturated carbocycles. The number of benzene rings is 1. The molecule has 1 aliphatic carbocycles. The Labute approximate surface area is 104 Å². The largest absolute Gasteiger partial charge is 0.388 e. The average molecular weight is 255 g/mol. The van der Waals surface area contributed by atoms with E-state index in [9.17, 15) is 18.7 Å². The number of amides is 1. The Balaban J connectivity index is 1.89. The van der Waals surface area contributed by atoms with Crippen LogP contribution < -0.4 is 5.32 Å². The second kappa shape index (κ2) is 5.02. The van der Waals surface area contributed by atoms with Gasteiger partial charge in [-0.05, 0) is 25.3 Å². The molecule has 2 N–H and O–H groups in total. The van der Waals surface area contributed by atoms with Crippen LogP contribution in [0.2, 0.25) is 0 Å². The van der Waals surface area contributed by atoms with Crippen LogP contribution >= 0.6 is 0 Å². The molecule has 0 atom stereocenters. The summed E-state index contributed by atoms with van der Waals surface area (Å²) in [4.78, 5) is 11.6. The molecule has 1 aliphatic rings. The summed E-state index contributed by atoms with van der Waals surface area (Å²) in [7, 11) is 0. The van der Waals surface area contributed by atoms with Gasteiger partial charge in [0, 0.05) is 12.1 Å². The molecule has 0 saturated heterocycles. The topological polar surface area (TPSA) is 49.3 Å². The number of rotatable bonds is 4. The summed E-state index contributed by atoms with van der Waals surface area (Å²) in [5.74, 6) is -2.37. The van der Waals surface area contributed by atoms with Gasteiger partial charge in [0.25, 0.3) is 0 Å². The van der Waals surface area contributed by atoms with Crippen LogP contribution in [0.3, 0.4) is 0 Å². The molecule has 5 heteroatoms. The molecule has 18 heavy (non-hydrogen) atoms. The number of hydrogen-bond acceptors (Lipinski definition) is 2. The Hall–Kier alpha value is -1.49. The summed E-state index contributed by atoms with van der Waals surface area (Å²) in [6.07, 6.45) is 2.06. The molecule has 0 aliphatic heterocycles. The van der Waals surface area contributed by atoms with Crippen molar-refractivity contribution >= 4 is 5.91 Å². The highest BCUT2D eigenvalue weighted by Crippen LogP contribution is 2.30. The average Bonchev–Trinajstić information content (AvgIpc) is 2.30. The van der Waals surface area contributed by atoms with Gasteiger partial charge in [0.15, 0.2) is 11.6 Å². The Morgan fingerprint density at radius 1 is 1.39 bits per heavy atom. The lowest BCUT2D eigenvalue weighted by Crippen LogP contribution is -2.48. The molecule has 0 radical (unpaired) electrons. The van der Waals surface area contributed by atoms with Gasteiger partial charge in [-0.2, -0.15) is 0 Å². The smallest absolute Gasteiger partial charge is 0.224 e. The zero-order valence-corrected chi connectivity index (χ0v) is 9.88. The quantitative estimate of drug-likeness (QED) is 0.857. The number of carbonyl (C=O) groups excluding carboxylic acids is 1. The van der Waals surface area contributed by atoms with Crippen LogP contribution in [0.1, 0.15) is 24.8 Å².